The van der Waals surface area contributed by atoms with Crippen LogP contribution in [0.1, 0.15) is 19.6 Å². The summed E-state index contributed by atoms with van der Waals surface area (Å²) in [6.07, 6.45) is 5.50. The van der Waals surface area contributed by atoms with Crippen LogP contribution in [-0.2, 0) is 14.2 Å². The van der Waals surface area contributed by atoms with Gasteiger partial charge in [0.2, 0.25) is 0 Å². The normalized spacial score (nSPS) is 28.4. The summed E-state index contributed by atoms with van der Waals surface area (Å²) in [6, 6.07) is 1.26. The van der Waals surface area contributed by atoms with E-state index in [4.69, 9.17) is 20.6 Å². The molecule has 0 spiro atoms. The molecule has 0 radical (unpaired) electrons. The minimum absolute atomic E-state index is 0.137. The van der Waals surface area contributed by atoms with Gasteiger partial charge >= 0.3 is 5.69 Å². The lowest BCUT2D eigenvalue weighted by molar-refractivity contribution is -0.0577. The van der Waals surface area contributed by atoms with Gasteiger partial charge in [0.15, 0.2) is 6.23 Å². The van der Waals surface area contributed by atoms with Crippen molar-refractivity contribution in [1.82, 2.24) is 9.55 Å². The summed E-state index contributed by atoms with van der Waals surface area (Å²) in [5, 5.41) is 0. The third kappa shape index (κ3) is 3.08. The van der Waals surface area contributed by atoms with E-state index in [2.05, 4.69) is 10.9 Å². The van der Waals surface area contributed by atoms with Crippen molar-refractivity contribution in [1.29, 1.82) is 0 Å². The van der Waals surface area contributed by atoms with Crippen LogP contribution in [-0.4, -0.2) is 41.6 Å². The average molecular weight is 294 g/mol. The Kier molecular flexibility index (Phi) is 4.96. The molecule has 1 aromatic rings. The first-order valence-corrected chi connectivity index (χ1v) is 6.67. The van der Waals surface area contributed by atoms with Gasteiger partial charge in [-0.05, 0) is 6.42 Å². The van der Waals surface area contributed by atoms with Crippen molar-refractivity contribution in [3.8, 4) is 12.3 Å². The number of nitrogens with one attached hydrogen (secondary N) is 1. The van der Waals surface area contributed by atoms with Gasteiger partial charge in [0.1, 0.15) is 18.8 Å². The highest BCUT2D eigenvalue weighted by Gasteiger charge is 2.46. The molecule has 2 heterocycles. The molecule has 7 nitrogen and oxygen atoms in total. The molecule has 0 bridgehead atoms. The van der Waals surface area contributed by atoms with Gasteiger partial charge in [0.25, 0.3) is 5.56 Å². The van der Waals surface area contributed by atoms with Gasteiger partial charge in [0.05, 0.1) is 6.10 Å². The van der Waals surface area contributed by atoms with Crippen molar-refractivity contribution >= 4 is 0 Å². The zero-order valence-corrected chi connectivity index (χ0v) is 11.9. The smallest absolute Gasteiger partial charge is 0.330 e. The van der Waals surface area contributed by atoms with E-state index < -0.39 is 23.6 Å². The molecule has 0 saturated carbocycles. The maximum absolute atomic E-state index is 11.9. The van der Waals surface area contributed by atoms with Crippen LogP contribution < -0.4 is 11.2 Å². The van der Waals surface area contributed by atoms with Crippen LogP contribution in [0.4, 0.5) is 0 Å². The van der Waals surface area contributed by atoms with Crippen LogP contribution in [0.2, 0.25) is 0 Å². The number of terminal acetylenes is 1. The maximum atomic E-state index is 11.9. The van der Waals surface area contributed by atoms with Crippen molar-refractivity contribution in [2.75, 3.05) is 13.7 Å². The second-order valence-electron chi connectivity index (χ2n) is 4.67. The molecular weight excluding hydrogens is 276 g/mol. The van der Waals surface area contributed by atoms with Gasteiger partial charge in [-0.2, -0.15) is 0 Å². The molecule has 0 aliphatic carbocycles. The summed E-state index contributed by atoms with van der Waals surface area (Å²) < 4.78 is 18.2. The highest BCUT2D eigenvalue weighted by molar-refractivity contribution is 4.95. The van der Waals surface area contributed by atoms with Crippen LogP contribution in [0.3, 0.4) is 0 Å². The van der Waals surface area contributed by atoms with Gasteiger partial charge in [-0.1, -0.05) is 12.8 Å². The molecule has 0 amide bonds. The molecule has 1 aliphatic heterocycles. The number of ether oxygens (including phenoxy) is 3. The molecule has 2 rings (SSSR count). The quantitative estimate of drug-likeness (QED) is 0.765. The van der Waals surface area contributed by atoms with Crippen molar-refractivity contribution in [2.45, 2.75) is 37.9 Å². The minimum Gasteiger partial charge on any atom is -0.374 e. The highest BCUT2D eigenvalue weighted by Crippen LogP contribution is 2.33. The number of methoxy groups -OCH3 is 1. The molecule has 4 atom stereocenters. The van der Waals surface area contributed by atoms with Crippen molar-refractivity contribution in [2.24, 2.45) is 0 Å². The number of rotatable bonds is 5. The highest BCUT2D eigenvalue weighted by atomic mass is 16.6. The Hall–Kier alpha value is -1.88. The van der Waals surface area contributed by atoms with Crippen LogP contribution in [0.25, 0.3) is 0 Å². The van der Waals surface area contributed by atoms with E-state index in [9.17, 15) is 9.59 Å². The Morgan fingerprint density at radius 3 is 2.81 bits per heavy atom. The molecule has 7 heteroatoms. The summed E-state index contributed by atoms with van der Waals surface area (Å²) >= 11 is 0. The second kappa shape index (κ2) is 6.72. The Bertz CT molecular complexity index is 629. The Labute approximate surface area is 121 Å². The minimum atomic E-state index is -0.674. The molecular formula is C14H18N2O5. The van der Waals surface area contributed by atoms with E-state index in [0.29, 0.717) is 6.42 Å². The van der Waals surface area contributed by atoms with E-state index in [0.717, 1.165) is 0 Å². The fourth-order valence-electron chi connectivity index (χ4n) is 2.48. The molecule has 114 valence electrons. The van der Waals surface area contributed by atoms with Gasteiger partial charge < -0.3 is 14.2 Å². The molecule has 1 fully saturated rings. The van der Waals surface area contributed by atoms with Crippen LogP contribution in [0, 0.1) is 12.3 Å². The van der Waals surface area contributed by atoms with E-state index in [1.165, 1.54) is 23.9 Å². The lowest BCUT2D eigenvalue weighted by Gasteiger charge is -2.22. The maximum Gasteiger partial charge on any atom is 0.330 e. The summed E-state index contributed by atoms with van der Waals surface area (Å²) in [7, 11) is 1.52. The monoisotopic (exact) mass is 294 g/mol. The zero-order chi connectivity index (χ0) is 15.4. The lowest BCUT2D eigenvalue weighted by Crippen LogP contribution is -2.39. The summed E-state index contributed by atoms with van der Waals surface area (Å²) in [4.78, 5) is 25.2. The molecule has 0 aromatic carbocycles. The fourth-order valence-corrected chi connectivity index (χ4v) is 2.48. The van der Waals surface area contributed by atoms with Gasteiger partial charge in [0, 0.05) is 19.4 Å². The standard InChI is InChI=1S/C14H18N2O5/c1-4-8-20-11-9(5-2)21-13(12(11)19-3)16-7-6-10(17)15-14(16)18/h1,6-7,9,11-13H,5,8H2,2-3H3,(H,15,17,18)/t9-,11?,12+,13-/m1/s1. The lowest BCUT2D eigenvalue weighted by atomic mass is 10.1. The predicted molar refractivity (Wildman–Crippen MR) is 74.9 cm³/mol. The Morgan fingerprint density at radius 1 is 1.48 bits per heavy atom. The number of nitrogens with zero attached hydrogens (tertiary/aromatic N) is 1. The van der Waals surface area contributed by atoms with E-state index in [1.54, 1.807) is 0 Å². The van der Waals surface area contributed by atoms with Crippen molar-refractivity contribution < 1.29 is 14.2 Å². The number of hydrogen-bond donors (Lipinski definition) is 1. The van der Waals surface area contributed by atoms with E-state index in [1.807, 2.05) is 6.92 Å². The Morgan fingerprint density at radius 2 is 2.24 bits per heavy atom. The zero-order valence-electron chi connectivity index (χ0n) is 11.9. The van der Waals surface area contributed by atoms with Crippen LogP contribution in [0.15, 0.2) is 21.9 Å². The molecule has 1 aromatic heterocycles. The number of aromatic nitrogens is 2. The average Bonchev–Trinajstić information content (AvgIpc) is 2.82. The predicted octanol–water partition coefficient (Wildman–Crippen LogP) is -0.123. The molecule has 1 unspecified atom stereocenters. The Balaban J connectivity index is 2.33. The van der Waals surface area contributed by atoms with Crippen LogP contribution in [0.5, 0.6) is 0 Å². The first-order chi connectivity index (χ1) is 10.1. The molecule has 1 N–H and O–H groups in total. The topological polar surface area (TPSA) is 82.5 Å². The molecule has 1 aliphatic rings. The summed E-state index contributed by atoms with van der Waals surface area (Å²) in [6.45, 7) is 2.08. The molecule has 1 saturated heterocycles. The van der Waals surface area contributed by atoms with Crippen LogP contribution >= 0.6 is 0 Å². The third-order valence-corrected chi connectivity index (χ3v) is 3.44. The van der Waals surface area contributed by atoms with Crippen molar-refractivity contribution in [3.05, 3.63) is 33.1 Å². The van der Waals surface area contributed by atoms with E-state index in [-0.39, 0.29) is 18.8 Å². The largest absolute Gasteiger partial charge is 0.374 e. The number of aromatic amines is 1. The number of H-pyrrole nitrogens is 1. The summed E-state index contributed by atoms with van der Waals surface area (Å²) in [5.41, 5.74) is -1.02. The first kappa shape index (κ1) is 15.5. The fraction of sp³-hybridized carbons (Fsp3) is 0.571. The molecule has 21 heavy (non-hydrogen) atoms. The SMILES string of the molecule is C#CCOC1[C@@H](CC)O[C@@H](n2ccc(=O)[nH]c2=O)[C@H]1OC. The van der Waals surface area contributed by atoms with Gasteiger partial charge in [-0.25, -0.2) is 4.79 Å². The summed E-state index contributed by atoms with van der Waals surface area (Å²) in [5.74, 6) is 2.41. The van der Waals surface area contributed by atoms with Crippen molar-refractivity contribution in [3.63, 3.8) is 0 Å². The van der Waals surface area contributed by atoms with E-state index >= 15 is 0 Å². The number of hydrogen-bond acceptors (Lipinski definition) is 5. The van der Waals surface area contributed by atoms with Gasteiger partial charge in [-0.3, -0.25) is 14.3 Å². The first-order valence-electron chi connectivity index (χ1n) is 6.67. The third-order valence-electron chi connectivity index (χ3n) is 3.44. The van der Waals surface area contributed by atoms with Gasteiger partial charge in [-0.15, -0.1) is 6.42 Å². The second-order valence-corrected chi connectivity index (χ2v) is 4.67.